The predicted octanol–water partition coefficient (Wildman–Crippen LogP) is 2.63. The van der Waals surface area contributed by atoms with Crippen molar-refractivity contribution in [2.24, 2.45) is 4.36 Å². The van der Waals surface area contributed by atoms with Gasteiger partial charge >= 0.3 is 0 Å². The van der Waals surface area contributed by atoms with E-state index in [0.717, 1.165) is 5.56 Å². The van der Waals surface area contributed by atoms with Crippen LogP contribution in [0.1, 0.15) is 0 Å². The number of nitrogens with one attached hydrogen (secondary N) is 3. The lowest BCUT2D eigenvalue weighted by molar-refractivity contribution is 0.311. The van der Waals surface area contributed by atoms with E-state index >= 15 is 0 Å². The Morgan fingerprint density at radius 3 is 2.61 bits per heavy atom. The molecule has 2 heterocycles. The van der Waals surface area contributed by atoms with Gasteiger partial charge in [-0.2, -0.15) is 4.98 Å². The Labute approximate surface area is 163 Å². The van der Waals surface area contributed by atoms with Crippen LogP contribution in [-0.4, -0.2) is 37.8 Å². The molecule has 3 aromatic rings. The molecule has 28 heavy (non-hydrogen) atoms. The van der Waals surface area contributed by atoms with E-state index in [2.05, 4.69) is 35.5 Å². The van der Waals surface area contributed by atoms with Crippen LogP contribution in [0.25, 0.3) is 11.3 Å². The molecular weight excluding hydrogens is 382 g/mol. The molecule has 0 amide bonds. The minimum Gasteiger partial charge on any atom is -0.454 e. The molecule has 0 bridgehead atoms. The molecule has 146 valence electrons. The summed E-state index contributed by atoms with van der Waals surface area (Å²) in [7, 11) is -2.24. The third-order valence-corrected chi connectivity index (χ3v) is 3.83. The van der Waals surface area contributed by atoms with Gasteiger partial charge in [0.05, 0.1) is 18.0 Å². The van der Waals surface area contributed by atoms with Gasteiger partial charge in [0.25, 0.3) is 0 Å². The van der Waals surface area contributed by atoms with Gasteiger partial charge in [-0.15, -0.1) is 0 Å². The maximum Gasteiger partial charge on any atom is 0.225 e. The highest BCUT2D eigenvalue weighted by molar-refractivity contribution is 7.68. The van der Waals surface area contributed by atoms with E-state index in [1.807, 2.05) is 12.1 Å². The summed E-state index contributed by atoms with van der Waals surface area (Å²) in [5, 5.41) is 12.0. The van der Waals surface area contributed by atoms with Crippen molar-refractivity contribution in [3.8, 4) is 11.3 Å². The van der Waals surface area contributed by atoms with Crippen molar-refractivity contribution in [1.29, 1.82) is 0 Å². The Morgan fingerprint density at radius 2 is 1.93 bits per heavy atom. The highest BCUT2D eigenvalue weighted by Crippen LogP contribution is 2.21. The summed E-state index contributed by atoms with van der Waals surface area (Å²) in [5.41, 5.74) is 8.55. The van der Waals surface area contributed by atoms with Gasteiger partial charge in [0, 0.05) is 36.3 Å². The molecule has 0 aliphatic rings. The number of hydrogen-bond donors (Lipinski definition) is 5. The molecule has 0 unspecified atom stereocenters. The summed E-state index contributed by atoms with van der Waals surface area (Å²) < 4.78 is 23.0. The van der Waals surface area contributed by atoms with Crippen molar-refractivity contribution in [2.45, 2.75) is 0 Å². The van der Waals surface area contributed by atoms with E-state index in [1.165, 1.54) is 0 Å². The fourth-order valence-corrected chi connectivity index (χ4v) is 2.55. The average Bonchev–Trinajstić information content (AvgIpc) is 2.72. The minimum absolute atomic E-state index is 0.0441. The molecular formula is C17H18N7O3S-. The Balaban J connectivity index is 1.78. The Hall–Kier alpha value is -3.28. The predicted molar refractivity (Wildman–Crippen MR) is 107 cm³/mol. The van der Waals surface area contributed by atoms with Crippen LogP contribution in [0, 0.1) is 0 Å². The number of hydrazine groups is 1. The molecule has 0 fully saturated rings. The minimum atomic E-state index is -2.24. The van der Waals surface area contributed by atoms with E-state index < -0.39 is 10.9 Å². The van der Waals surface area contributed by atoms with Crippen molar-refractivity contribution in [2.75, 3.05) is 29.3 Å². The van der Waals surface area contributed by atoms with Gasteiger partial charge in [0.2, 0.25) is 5.95 Å². The summed E-state index contributed by atoms with van der Waals surface area (Å²) in [4.78, 5) is 12.9. The molecule has 0 saturated carbocycles. The molecule has 5 N–H and O–H groups in total. The van der Waals surface area contributed by atoms with Crippen LogP contribution < -0.4 is 16.2 Å². The van der Waals surface area contributed by atoms with Crippen LogP contribution in [0.3, 0.4) is 0 Å². The lowest BCUT2D eigenvalue weighted by Crippen LogP contribution is -2.14. The van der Waals surface area contributed by atoms with Gasteiger partial charge in [0.15, 0.2) is 5.82 Å². The van der Waals surface area contributed by atoms with Crippen molar-refractivity contribution < 1.29 is 13.9 Å². The first-order valence-electron chi connectivity index (χ1n) is 8.23. The standard InChI is InChI=1S/C17H18N7O3S/c25-9-8-19-17-20-15(12-2-1-7-18-11-12)10-16(21-17)23-22-13-3-5-14(6-4-13)24-28(26)27/h1-7,10-11,22,25H,8-9H2,(H,24,26,27)(H2,19,20,21,23)/q-1. The molecule has 0 aliphatic heterocycles. The third kappa shape index (κ3) is 5.61. The lowest BCUT2D eigenvalue weighted by atomic mass is 10.2. The van der Waals surface area contributed by atoms with Gasteiger partial charge in [0.1, 0.15) is 0 Å². The largest absolute Gasteiger partial charge is 0.454 e. The van der Waals surface area contributed by atoms with Crippen molar-refractivity contribution in [3.05, 3.63) is 54.9 Å². The van der Waals surface area contributed by atoms with Crippen LogP contribution in [-0.2, 0) is 15.1 Å². The van der Waals surface area contributed by atoms with E-state index in [-0.39, 0.29) is 6.61 Å². The van der Waals surface area contributed by atoms with E-state index in [0.29, 0.717) is 35.4 Å². The fraction of sp³-hybridized carbons (Fsp3) is 0.118. The van der Waals surface area contributed by atoms with E-state index in [9.17, 15) is 4.21 Å². The van der Waals surface area contributed by atoms with Crippen LogP contribution in [0.4, 0.5) is 23.1 Å². The number of anilines is 3. The first-order chi connectivity index (χ1) is 13.6. The number of pyridine rings is 1. The second kappa shape index (κ2) is 9.60. The monoisotopic (exact) mass is 400 g/mol. The summed E-state index contributed by atoms with van der Waals surface area (Å²) in [6.07, 6.45) is 3.38. The average molecular weight is 400 g/mol. The number of aliphatic hydroxyl groups is 1. The van der Waals surface area contributed by atoms with Crippen LogP contribution in [0.2, 0.25) is 0 Å². The zero-order valence-electron chi connectivity index (χ0n) is 14.6. The Bertz CT molecular complexity index is 993. The lowest BCUT2D eigenvalue weighted by Gasteiger charge is -2.12. The molecule has 11 heteroatoms. The number of hydrogen-bond acceptors (Lipinski definition) is 10. The zero-order valence-corrected chi connectivity index (χ0v) is 15.4. The number of aliphatic hydroxyl groups excluding tert-OH is 1. The van der Waals surface area contributed by atoms with Gasteiger partial charge in [-0.05, 0) is 36.4 Å². The summed E-state index contributed by atoms with van der Waals surface area (Å²) in [6.45, 7) is 0.276. The highest BCUT2D eigenvalue weighted by atomic mass is 32.2. The highest BCUT2D eigenvalue weighted by Gasteiger charge is 2.07. The Kier molecular flexibility index (Phi) is 6.68. The molecule has 0 saturated heterocycles. The van der Waals surface area contributed by atoms with E-state index in [1.54, 1.807) is 42.7 Å². The van der Waals surface area contributed by atoms with Gasteiger partial charge < -0.3 is 23.5 Å². The summed E-state index contributed by atoms with van der Waals surface area (Å²) in [5.74, 6) is 0.860. The third-order valence-electron chi connectivity index (χ3n) is 3.46. The number of rotatable bonds is 8. The summed E-state index contributed by atoms with van der Waals surface area (Å²) >= 11 is 0. The molecule has 0 atom stereocenters. The molecule has 2 aromatic heterocycles. The van der Waals surface area contributed by atoms with Gasteiger partial charge in [-0.25, -0.2) is 4.98 Å². The fourth-order valence-electron chi connectivity index (χ4n) is 2.25. The van der Waals surface area contributed by atoms with Crippen LogP contribution in [0.15, 0.2) is 59.2 Å². The first-order valence-corrected chi connectivity index (χ1v) is 9.29. The second-order valence-corrected chi connectivity index (χ2v) is 6.12. The number of benzene rings is 1. The first kappa shape index (κ1) is 19.5. The Morgan fingerprint density at radius 1 is 1.11 bits per heavy atom. The number of nitrogens with zero attached hydrogens (tertiary/aromatic N) is 4. The maximum absolute atomic E-state index is 10.7. The molecule has 0 aliphatic carbocycles. The zero-order chi connectivity index (χ0) is 19.8. The quantitative estimate of drug-likeness (QED) is 0.219. The topological polar surface area (TPSA) is 145 Å². The van der Waals surface area contributed by atoms with Crippen LogP contribution in [0.5, 0.6) is 0 Å². The van der Waals surface area contributed by atoms with Crippen LogP contribution >= 0.6 is 0 Å². The molecule has 0 spiro atoms. The smallest absolute Gasteiger partial charge is 0.225 e. The molecule has 10 nitrogen and oxygen atoms in total. The molecule has 3 rings (SSSR count). The van der Waals surface area contributed by atoms with Gasteiger partial charge in [-0.1, -0.05) is 10.9 Å². The number of aromatic nitrogens is 3. The van der Waals surface area contributed by atoms with Crippen molar-refractivity contribution in [3.63, 3.8) is 0 Å². The SMILES string of the molecule is O=[S-](O)=Nc1ccc(NNc2cc(-c3cccnc3)nc(NCCO)n2)cc1. The van der Waals surface area contributed by atoms with Crippen molar-refractivity contribution >= 4 is 34.0 Å². The maximum atomic E-state index is 10.7. The molecule has 1 aromatic carbocycles. The molecule has 0 radical (unpaired) electrons. The van der Waals surface area contributed by atoms with Crippen molar-refractivity contribution in [1.82, 2.24) is 15.0 Å². The second-order valence-electron chi connectivity index (χ2n) is 5.47. The van der Waals surface area contributed by atoms with E-state index in [4.69, 9.17) is 9.66 Å². The van der Waals surface area contributed by atoms with Gasteiger partial charge in [-0.3, -0.25) is 15.8 Å². The normalized spacial score (nSPS) is 11.8. The summed E-state index contributed by atoms with van der Waals surface area (Å²) in [6, 6.07) is 12.1.